The minimum absolute atomic E-state index is 0.0330. The van der Waals surface area contributed by atoms with Gasteiger partial charge in [-0.1, -0.05) is 6.92 Å². The van der Waals surface area contributed by atoms with Crippen LogP contribution in [-0.4, -0.2) is 37.0 Å². The molecule has 2 aromatic rings. The first kappa shape index (κ1) is 19.2. The number of carbonyl (C=O) groups is 2. The lowest BCUT2D eigenvalue weighted by Crippen LogP contribution is -2.39. The van der Waals surface area contributed by atoms with Gasteiger partial charge >= 0.3 is 0 Å². The van der Waals surface area contributed by atoms with Crippen LogP contribution >= 0.6 is 0 Å². The molecule has 0 fully saturated rings. The van der Waals surface area contributed by atoms with Crippen molar-refractivity contribution in [2.45, 2.75) is 13.3 Å². The molecule has 0 saturated heterocycles. The van der Waals surface area contributed by atoms with Crippen LogP contribution in [-0.2, 0) is 4.79 Å². The monoisotopic (exact) mass is 385 g/mol. The fraction of sp³-hybridized carbons (Fsp3) is 0.263. The Hall–Kier alpha value is -3.62. The molecule has 0 unspecified atom stereocenters. The maximum Gasteiger partial charge on any atom is 0.282 e. The lowest BCUT2D eigenvalue weighted by molar-refractivity contribution is -0.385. The van der Waals surface area contributed by atoms with E-state index >= 15 is 0 Å². The summed E-state index contributed by atoms with van der Waals surface area (Å²) in [6.07, 6.45) is 0.762. The summed E-state index contributed by atoms with van der Waals surface area (Å²) in [5, 5.41) is 13.9. The predicted octanol–water partition coefficient (Wildman–Crippen LogP) is 2.99. The van der Waals surface area contributed by atoms with Crippen LogP contribution in [0, 0.1) is 10.1 Å². The lowest BCUT2D eigenvalue weighted by Gasteiger charge is -2.29. The highest BCUT2D eigenvalue weighted by Crippen LogP contribution is 2.35. The van der Waals surface area contributed by atoms with Crippen molar-refractivity contribution < 1.29 is 24.0 Å². The Labute approximate surface area is 161 Å². The SMILES string of the molecule is CCCN1C(=O)COc2ccc(NC(=O)c3cc(OC)ccc3[N+](=O)[O-])cc21. The molecule has 3 rings (SSSR count). The maximum absolute atomic E-state index is 12.7. The van der Waals surface area contributed by atoms with Crippen molar-refractivity contribution in [3.8, 4) is 11.5 Å². The van der Waals surface area contributed by atoms with E-state index in [0.717, 1.165) is 6.42 Å². The first-order valence-electron chi connectivity index (χ1n) is 8.65. The zero-order chi connectivity index (χ0) is 20.3. The third-order valence-corrected chi connectivity index (χ3v) is 4.25. The van der Waals surface area contributed by atoms with Crippen LogP contribution < -0.4 is 19.7 Å². The van der Waals surface area contributed by atoms with Gasteiger partial charge in [-0.05, 0) is 36.8 Å². The Morgan fingerprint density at radius 3 is 2.79 bits per heavy atom. The van der Waals surface area contributed by atoms with E-state index in [1.165, 1.54) is 25.3 Å². The number of benzene rings is 2. The molecule has 9 nitrogen and oxygen atoms in total. The molecule has 0 bridgehead atoms. The number of methoxy groups -OCH3 is 1. The molecule has 1 aliphatic rings. The molecule has 0 spiro atoms. The molecule has 0 atom stereocenters. The van der Waals surface area contributed by atoms with Gasteiger partial charge in [0.05, 0.1) is 17.7 Å². The number of fused-ring (bicyclic) bond motifs is 1. The number of ether oxygens (including phenoxy) is 2. The first-order chi connectivity index (χ1) is 13.4. The van der Waals surface area contributed by atoms with Crippen molar-refractivity contribution in [2.24, 2.45) is 0 Å². The van der Waals surface area contributed by atoms with Crippen molar-refractivity contribution >= 4 is 28.9 Å². The highest BCUT2D eigenvalue weighted by Gasteiger charge is 2.26. The average molecular weight is 385 g/mol. The van der Waals surface area contributed by atoms with Gasteiger partial charge in [-0.15, -0.1) is 0 Å². The van der Waals surface area contributed by atoms with E-state index in [4.69, 9.17) is 9.47 Å². The molecule has 0 aliphatic carbocycles. The number of rotatable bonds is 6. The topological polar surface area (TPSA) is 111 Å². The molecule has 0 saturated carbocycles. The Kier molecular flexibility index (Phi) is 5.44. The molecule has 2 amide bonds. The minimum atomic E-state index is -0.657. The number of hydrogen-bond donors (Lipinski definition) is 1. The van der Waals surface area contributed by atoms with Crippen molar-refractivity contribution in [1.29, 1.82) is 0 Å². The smallest absolute Gasteiger partial charge is 0.282 e. The van der Waals surface area contributed by atoms with Gasteiger partial charge in [0.1, 0.15) is 17.1 Å². The fourth-order valence-electron chi connectivity index (χ4n) is 2.93. The van der Waals surface area contributed by atoms with Crippen LogP contribution in [0.15, 0.2) is 36.4 Å². The number of anilines is 2. The van der Waals surface area contributed by atoms with Gasteiger partial charge in [0.15, 0.2) is 6.61 Å². The van der Waals surface area contributed by atoms with Crippen LogP contribution in [0.3, 0.4) is 0 Å². The molecule has 0 radical (unpaired) electrons. The van der Waals surface area contributed by atoms with E-state index in [9.17, 15) is 19.7 Å². The number of nitrogens with one attached hydrogen (secondary N) is 1. The second-order valence-corrected chi connectivity index (χ2v) is 6.11. The predicted molar refractivity (Wildman–Crippen MR) is 102 cm³/mol. The van der Waals surface area contributed by atoms with Gasteiger partial charge in [0.2, 0.25) is 0 Å². The van der Waals surface area contributed by atoms with E-state index in [1.807, 2.05) is 6.92 Å². The van der Waals surface area contributed by atoms with Gasteiger partial charge in [0.25, 0.3) is 17.5 Å². The van der Waals surface area contributed by atoms with E-state index in [0.29, 0.717) is 29.4 Å². The first-order valence-corrected chi connectivity index (χ1v) is 8.65. The van der Waals surface area contributed by atoms with Gasteiger partial charge in [0, 0.05) is 18.3 Å². The molecule has 28 heavy (non-hydrogen) atoms. The quantitative estimate of drug-likeness (QED) is 0.604. The molecule has 146 valence electrons. The normalized spacial score (nSPS) is 12.8. The number of nitro groups is 1. The summed E-state index contributed by atoms with van der Waals surface area (Å²) in [5.74, 6) is 0.0459. The number of carbonyl (C=O) groups excluding carboxylic acids is 2. The summed E-state index contributed by atoms with van der Waals surface area (Å²) < 4.78 is 10.5. The Bertz CT molecular complexity index is 943. The molecular formula is C19H19N3O6. The molecule has 1 N–H and O–H groups in total. The zero-order valence-electron chi connectivity index (χ0n) is 15.4. The second-order valence-electron chi connectivity index (χ2n) is 6.11. The molecule has 9 heteroatoms. The molecular weight excluding hydrogens is 366 g/mol. The molecule has 1 heterocycles. The second kappa shape index (κ2) is 7.95. The summed E-state index contributed by atoms with van der Waals surface area (Å²) in [6, 6.07) is 8.83. The molecule has 0 aromatic heterocycles. The summed E-state index contributed by atoms with van der Waals surface area (Å²) in [7, 11) is 1.41. The number of hydrogen-bond acceptors (Lipinski definition) is 6. The van der Waals surface area contributed by atoms with E-state index in [2.05, 4.69) is 5.32 Å². The summed E-state index contributed by atoms with van der Waals surface area (Å²) in [5.41, 5.74) is 0.485. The van der Waals surface area contributed by atoms with Crippen molar-refractivity contribution in [2.75, 3.05) is 30.5 Å². The molecule has 2 aromatic carbocycles. The van der Waals surface area contributed by atoms with E-state index < -0.39 is 10.8 Å². The Morgan fingerprint density at radius 2 is 2.11 bits per heavy atom. The van der Waals surface area contributed by atoms with Crippen molar-refractivity contribution in [3.05, 3.63) is 52.1 Å². The van der Waals surface area contributed by atoms with Crippen LogP contribution in [0.4, 0.5) is 17.1 Å². The van der Waals surface area contributed by atoms with Gasteiger partial charge < -0.3 is 19.7 Å². The molecule has 1 aliphatic heterocycles. The van der Waals surface area contributed by atoms with E-state index in [1.54, 1.807) is 23.1 Å². The van der Waals surface area contributed by atoms with Crippen molar-refractivity contribution in [3.63, 3.8) is 0 Å². The largest absolute Gasteiger partial charge is 0.497 e. The number of nitrogens with zero attached hydrogens (tertiary/aromatic N) is 2. The number of nitro benzene ring substituents is 1. The average Bonchev–Trinajstić information content (AvgIpc) is 2.69. The van der Waals surface area contributed by atoms with Crippen LogP contribution in [0.2, 0.25) is 0 Å². The number of amides is 2. The fourth-order valence-corrected chi connectivity index (χ4v) is 2.93. The minimum Gasteiger partial charge on any atom is -0.497 e. The van der Waals surface area contributed by atoms with Gasteiger partial charge in [-0.2, -0.15) is 0 Å². The van der Waals surface area contributed by atoms with Crippen LogP contribution in [0.5, 0.6) is 11.5 Å². The summed E-state index contributed by atoms with van der Waals surface area (Å²) in [6.45, 7) is 2.44. The highest BCUT2D eigenvalue weighted by molar-refractivity contribution is 6.08. The highest BCUT2D eigenvalue weighted by atomic mass is 16.6. The van der Waals surface area contributed by atoms with E-state index in [-0.39, 0.29) is 23.8 Å². The van der Waals surface area contributed by atoms with Gasteiger partial charge in [-0.3, -0.25) is 19.7 Å². The van der Waals surface area contributed by atoms with Crippen LogP contribution in [0.25, 0.3) is 0 Å². The van der Waals surface area contributed by atoms with Gasteiger partial charge in [-0.25, -0.2) is 0 Å². The summed E-state index contributed by atoms with van der Waals surface area (Å²) >= 11 is 0. The van der Waals surface area contributed by atoms with Crippen molar-refractivity contribution in [1.82, 2.24) is 0 Å². The summed E-state index contributed by atoms with van der Waals surface area (Å²) in [4.78, 5) is 37.0. The zero-order valence-corrected chi connectivity index (χ0v) is 15.4. The third-order valence-electron chi connectivity index (χ3n) is 4.25. The third kappa shape index (κ3) is 3.73. The Balaban J connectivity index is 1.92. The maximum atomic E-state index is 12.7. The Morgan fingerprint density at radius 1 is 1.32 bits per heavy atom. The standard InChI is InChI=1S/C19H19N3O6/c1-3-8-21-16-9-12(4-7-17(16)28-11-18(21)23)20-19(24)14-10-13(27-2)5-6-15(14)22(25)26/h4-7,9-10H,3,8,11H2,1-2H3,(H,20,24). The van der Waals surface area contributed by atoms with Crippen LogP contribution in [0.1, 0.15) is 23.7 Å². The lowest BCUT2D eigenvalue weighted by atomic mass is 10.1.